The minimum absolute atomic E-state index is 0.802. The van der Waals surface area contributed by atoms with E-state index in [4.69, 9.17) is 5.73 Å². The van der Waals surface area contributed by atoms with Crippen LogP contribution in [0.2, 0.25) is 0 Å². The van der Waals surface area contributed by atoms with Gasteiger partial charge < -0.3 is 10.6 Å². The lowest BCUT2D eigenvalue weighted by Gasteiger charge is -2.38. The van der Waals surface area contributed by atoms with E-state index in [1.807, 2.05) is 0 Å². The molecule has 70 valence electrons. The molecule has 0 bridgehead atoms. The van der Waals surface area contributed by atoms with Crippen molar-refractivity contribution in [1.82, 2.24) is 4.90 Å². The fraction of sp³-hybridized carbons (Fsp3) is 1.00. The molecule has 12 heavy (non-hydrogen) atoms. The topological polar surface area (TPSA) is 29.3 Å². The Hall–Kier alpha value is 0.270. The number of hydrogen-bond donors (Lipinski definition) is 1. The molecule has 0 aromatic rings. The van der Waals surface area contributed by atoms with Crippen molar-refractivity contribution in [2.45, 2.75) is 18.1 Å². The lowest BCUT2D eigenvalue weighted by molar-refractivity contribution is 0.115. The van der Waals surface area contributed by atoms with Crippen LogP contribution in [0.5, 0.6) is 0 Å². The second kappa shape index (κ2) is 3.99. The Morgan fingerprint density at radius 2 is 2.08 bits per heavy atom. The van der Waals surface area contributed by atoms with Gasteiger partial charge in [0, 0.05) is 30.6 Å². The zero-order chi connectivity index (χ0) is 8.39. The molecule has 2 fully saturated rings. The predicted molar refractivity (Wildman–Crippen MR) is 54.5 cm³/mol. The Balaban J connectivity index is 1.46. The normalized spacial score (nSPS) is 25.8. The average Bonchev–Trinajstić information content (AvgIpc) is 2.77. The van der Waals surface area contributed by atoms with Gasteiger partial charge in [0.1, 0.15) is 0 Å². The third-order valence-electron chi connectivity index (χ3n) is 2.65. The largest absolute Gasteiger partial charge is 0.330 e. The first-order valence-electron chi connectivity index (χ1n) is 4.92. The number of nitrogens with two attached hydrogens (primary N) is 1. The Labute approximate surface area is 78.9 Å². The number of hydrogen-bond acceptors (Lipinski definition) is 3. The predicted octanol–water partition coefficient (Wildman–Crippen LogP) is 0.772. The molecule has 0 unspecified atom stereocenters. The van der Waals surface area contributed by atoms with E-state index < -0.39 is 0 Å². The summed E-state index contributed by atoms with van der Waals surface area (Å²) in [5.41, 5.74) is 5.55. The molecule has 0 atom stereocenters. The van der Waals surface area contributed by atoms with Crippen molar-refractivity contribution >= 4 is 11.8 Å². The van der Waals surface area contributed by atoms with Crippen LogP contribution in [0.15, 0.2) is 0 Å². The number of rotatable bonds is 5. The van der Waals surface area contributed by atoms with Crippen LogP contribution >= 0.6 is 11.8 Å². The summed E-state index contributed by atoms with van der Waals surface area (Å²) >= 11 is 2.16. The van der Waals surface area contributed by atoms with Gasteiger partial charge >= 0.3 is 0 Å². The molecule has 1 saturated heterocycles. The van der Waals surface area contributed by atoms with Crippen LogP contribution in [-0.4, -0.2) is 42.1 Å². The molecule has 0 amide bonds. The van der Waals surface area contributed by atoms with Crippen molar-refractivity contribution in [2.75, 3.05) is 31.9 Å². The summed E-state index contributed by atoms with van der Waals surface area (Å²) in [6.07, 6.45) is 2.94. The molecule has 2 N–H and O–H groups in total. The van der Waals surface area contributed by atoms with E-state index in [0.29, 0.717) is 0 Å². The van der Waals surface area contributed by atoms with Gasteiger partial charge in [-0.25, -0.2) is 0 Å². The fourth-order valence-electron chi connectivity index (χ4n) is 1.59. The van der Waals surface area contributed by atoms with E-state index in [-0.39, 0.29) is 0 Å². The van der Waals surface area contributed by atoms with Gasteiger partial charge in [-0.2, -0.15) is 11.8 Å². The maximum Gasteiger partial charge on any atom is 0.00727 e. The van der Waals surface area contributed by atoms with E-state index in [0.717, 1.165) is 17.7 Å². The molecule has 2 rings (SSSR count). The van der Waals surface area contributed by atoms with Gasteiger partial charge in [0.05, 0.1) is 0 Å². The van der Waals surface area contributed by atoms with Crippen LogP contribution in [0.3, 0.4) is 0 Å². The van der Waals surface area contributed by atoms with E-state index in [1.165, 1.54) is 38.2 Å². The van der Waals surface area contributed by atoms with Gasteiger partial charge in [0.2, 0.25) is 0 Å². The van der Waals surface area contributed by atoms with Crippen LogP contribution in [0.4, 0.5) is 0 Å². The first-order valence-corrected chi connectivity index (χ1v) is 5.97. The van der Waals surface area contributed by atoms with E-state index in [2.05, 4.69) is 16.7 Å². The zero-order valence-electron chi connectivity index (χ0n) is 7.54. The highest BCUT2D eigenvalue weighted by Gasteiger charge is 2.26. The molecular weight excluding hydrogens is 168 g/mol. The van der Waals surface area contributed by atoms with Crippen molar-refractivity contribution in [3.8, 4) is 0 Å². The van der Waals surface area contributed by atoms with Gasteiger partial charge in [-0.1, -0.05) is 0 Å². The summed E-state index contributed by atoms with van der Waals surface area (Å²) in [6.45, 7) is 4.67. The van der Waals surface area contributed by atoms with Crippen LogP contribution < -0.4 is 5.73 Å². The fourth-order valence-corrected chi connectivity index (χ4v) is 2.76. The summed E-state index contributed by atoms with van der Waals surface area (Å²) in [5.74, 6) is 2.14. The number of thioether (sulfide) groups is 1. The third-order valence-corrected chi connectivity index (χ3v) is 4.01. The highest BCUT2D eigenvalue weighted by Crippen LogP contribution is 2.33. The Bertz CT molecular complexity index is 141. The Kier molecular flexibility index (Phi) is 2.94. The highest BCUT2D eigenvalue weighted by atomic mass is 32.2. The molecule has 0 aromatic carbocycles. The van der Waals surface area contributed by atoms with Crippen LogP contribution in [-0.2, 0) is 0 Å². The molecule has 0 radical (unpaired) electrons. The highest BCUT2D eigenvalue weighted by molar-refractivity contribution is 8.00. The number of nitrogens with zero attached hydrogens (tertiary/aromatic N) is 1. The van der Waals surface area contributed by atoms with Gasteiger partial charge in [-0.05, 0) is 25.3 Å². The average molecular weight is 186 g/mol. The molecule has 2 nitrogen and oxygen atoms in total. The van der Waals surface area contributed by atoms with Crippen LogP contribution in [0.25, 0.3) is 0 Å². The SMILES string of the molecule is NCC1CN(CCSC2CC2)C1. The standard InChI is InChI=1S/C9H18N2S/c10-5-8-6-11(7-8)3-4-12-9-1-2-9/h8-9H,1-7,10H2. The van der Waals surface area contributed by atoms with Crippen LogP contribution in [0, 0.1) is 5.92 Å². The molecule has 1 saturated carbocycles. The lowest BCUT2D eigenvalue weighted by Crippen LogP contribution is -2.50. The smallest absolute Gasteiger partial charge is 0.00727 e. The second-order valence-electron chi connectivity index (χ2n) is 3.93. The molecule has 3 heteroatoms. The molecule has 1 aliphatic heterocycles. The second-order valence-corrected chi connectivity index (χ2v) is 5.34. The van der Waals surface area contributed by atoms with Crippen LogP contribution in [0.1, 0.15) is 12.8 Å². The first-order chi connectivity index (χ1) is 5.88. The van der Waals surface area contributed by atoms with Crippen molar-refractivity contribution in [2.24, 2.45) is 11.7 Å². The van der Waals surface area contributed by atoms with Crippen molar-refractivity contribution < 1.29 is 0 Å². The third kappa shape index (κ3) is 2.38. The summed E-state index contributed by atoms with van der Waals surface area (Å²) < 4.78 is 0. The summed E-state index contributed by atoms with van der Waals surface area (Å²) in [5, 5.41) is 1.02. The Morgan fingerprint density at radius 3 is 2.67 bits per heavy atom. The maximum atomic E-state index is 5.55. The molecule has 2 aliphatic rings. The molecule has 0 aromatic heterocycles. The van der Waals surface area contributed by atoms with Gasteiger partial charge in [-0.15, -0.1) is 0 Å². The quantitative estimate of drug-likeness (QED) is 0.688. The summed E-state index contributed by atoms with van der Waals surface area (Å²) in [7, 11) is 0. The zero-order valence-corrected chi connectivity index (χ0v) is 8.35. The lowest BCUT2D eigenvalue weighted by atomic mass is 10.0. The molecule has 1 aliphatic carbocycles. The minimum atomic E-state index is 0.802. The molecule has 1 heterocycles. The van der Waals surface area contributed by atoms with Gasteiger partial charge in [-0.3, -0.25) is 0 Å². The first kappa shape index (κ1) is 8.85. The monoisotopic (exact) mass is 186 g/mol. The molecular formula is C9H18N2S. The van der Waals surface area contributed by atoms with E-state index >= 15 is 0 Å². The summed E-state index contributed by atoms with van der Waals surface area (Å²) in [6, 6.07) is 0. The van der Waals surface area contributed by atoms with Gasteiger partial charge in [0.15, 0.2) is 0 Å². The summed E-state index contributed by atoms with van der Waals surface area (Å²) in [4.78, 5) is 2.52. The maximum absolute atomic E-state index is 5.55. The van der Waals surface area contributed by atoms with Crippen molar-refractivity contribution in [3.05, 3.63) is 0 Å². The van der Waals surface area contributed by atoms with Crippen molar-refractivity contribution in [3.63, 3.8) is 0 Å². The minimum Gasteiger partial charge on any atom is -0.330 e. The van der Waals surface area contributed by atoms with Crippen molar-refractivity contribution in [1.29, 1.82) is 0 Å². The van der Waals surface area contributed by atoms with E-state index in [9.17, 15) is 0 Å². The van der Waals surface area contributed by atoms with Gasteiger partial charge in [0.25, 0.3) is 0 Å². The molecule has 0 spiro atoms. The van der Waals surface area contributed by atoms with E-state index in [1.54, 1.807) is 0 Å². The number of likely N-dealkylation sites (tertiary alicyclic amines) is 1. The Morgan fingerprint density at radius 1 is 1.33 bits per heavy atom.